The molecule has 1 aliphatic rings. The van der Waals surface area contributed by atoms with Crippen molar-refractivity contribution in [1.29, 1.82) is 5.26 Å². The largest absolute Gasteiger partial charge is 0.325 e. The minimum Gasteiger partial charge on any atom is -0.325 e. The number of hydrogen-bond donors (Lipinski definition) is 1. The summed E-state index contributed by atoms with van der Waals surface area (Å²) in [7, 11) is 0. The van der Waals surface area contributed by atoms with Crippen molar-refractivity contribution in [3.8, 4) is 34.3 Å². The summed E-state index contributed by atoms with van der Waals surface area (Å²) < 4.78 is 3.11. The zero-order chi connectivity index (χ0) is 30.1. The molecule has 4 heterocycles. The molecule has 0 aliphatic carbocycles. The molecule has 5 aromatic rings. The van der Waals surface area contributed by atoms with Crippen molar-refractivity contribution in [2.75, 3.05) is 5.32 Å². The molecule has 2 aromatic carbocycles. The molecule has 1 aliphatic heterocycles. The van der Waals surface area contributed by atoms with E-state index in [-0.39, 0.29) is 28.6 Å². The van der Waals surface area contributed by atoms with Crippen LogP contribution in [0.2, 0.25) is 10.2 Å². The molecule has 6 rings (SSSR count). The second kappa shape index (κ2) is 11.8. The van der Waals surface area contributed by atoms with Crippen LogP contribution in [0, 0.1) is 17.2 Å². The van der Waals surface area contributed by atoms with Gasteiger partial charge in [0.25, 0.3) is 5.56 Å². The second-order valence-corrected chi connectivity index (χ2v) is 11.2. The van der Waals surface area contributed by atoms with E-state index >= 15 is 0 Å². The molecule has 43 heavy (non-hydrogen) atoms. The molecule has 1 N–H and O–H groups in total. The zero-order valence-electron chi connectivity index (χ0n) is 22.9. The van der Waals surface area contributed by atoms with Gasteiger partial charge in [-0.05, 0) is 66.9 Å². The Balaban J connectivity index is 1.44. The van der Waals surface area contributed by atoms with Gasteiger partial charge in [0.15, 0.2) is 5.15 Å². The Morgan fingerprint density at radius 2 is 1.81 bits per heavy atom. The van der Waals surface area contributed by atoms with Gasteiger partial charge in [0.1, 0.15) is 0 Å². The fourth-order valence-electron chi connectivity index (χ4n) is 5.28. The Morgan fingerprint density at radius 1 is 0.977 bits per heavy atom. The smallest absolute Gasteiger partial charge is 0.254 e. The van der Waals surface area contributed by atoms with Crippen molar-refractivity contribution in [2.45, 2.75) is 32.2 Å². The lowest BCUT2D eigenvalue weighted by molar-refractivity contribution is -0.119. The van der Waals surface area contributed by atoms with Crippen molar-refractivity contribution in [2.24, 2.45) is 5.92 Å². The average molecular weight is 611 g/mol. The van der Waals surface area contributed by atoms with E-state index in [1.54, 1.807) is 53.4 Å². The van der Waals surface area contributed by atoms with E-state index in [4.69, 9.17) is 23.2 Å². The number of benzene rings is 2. The predicted octanol–water partition coefficient (Wildman–Crippen LogP) is 6.08. The number of aromatic nitrogens is 6. The van der Waals surface area contributed by atoms with Crippen molar-refractivity contribution < 1.29 is 4.79 Å². The minimum atomic E-state index is -0.361. The summed E-state index contributed by atoms with van der Waals surface area (Å²) in [5.74, 6) is -0.424. The molecule has 12 heteroatoms. The number of amides is 1. The third kappa shape index (κ3) is 5.78. The Labute approximate surface area is 256 Å². The number of pyridine rings is 1. The van der Waals surface area contributed by atoms with E-state index in [2.05, 4.69) is 31.7 Å². The number of fused-ring (bicyclic) bond motifs is 4. The maximum atomic E-state index is 13.7. The van der Waals surface area contributed by atoms with Crippen LogP contribution < -0.4 is 10.9 Å². The molecule has 0 radical (unpaired) electrons. The van der Waals surface area contributed by atoms with Gasteiger partial charge in [0, 0.05) is 34.3 Å². The van der Waals surface area contributed by atoms with Gasteiger partial charge in [-0.3, -0.25) is 19.1 Å². The molecule has 0 unspecified atom stereocenters. The van der Waals surface area contributed by atoms with Crippen LogP contribution in [0.3, 0.4) is 0 Å². The van der Waals surface area contributed by atoms with Gasteiger partial charge >= 0.3 is 0 Å². The molecule has 0 fully saturated rings. The lowest BCUT2D eigenvalue weighted by atomic mass is 9.94. The van der Waals surface area contributed by atoms with Crippen LogP contribution in [0.1, 0.15) is 43.4 Å². The van der Waals surface area contributed by atoms with Crippen molar-refractivity contribution in [1.82, 2.24) is 29.5 Å². The normalized spacial score (nSPS) is 16.7. The standard InChI is InChI=1S/C31H24Cl2N8O2/c1-18-3-2-4-27(20-9-10-35-24(12-20)22-7-5-19(15-34)11-26(22)37-31(18)43)40-17-36-25(14-30(40)42)23-13-21(32)6-8-28(23)41-16-29(33)38-39-41/h5-14,16-18,27H,2-4H2,1H3,(H,37,43)/t18-,27+/m1/s1. The molecule has 10 nitrogen and oxygen atoms in total. The Hall–Kier alpha value is -4.85. The van der Waals surface area contributed by atoms with E-state index in [1.165, 1.54) is 17.1 Å². The second-order valence-electron chi connectivity index (χ2n) is 10.4. The van der Waals surface area contributed by atoms with Crippen LogP contribution in [-0.4, -0.2) is 35.4 Å². The first kappa shape index (κ1) is 28.3. The number of nitrogens with zero attached hydrogens (tertiary/aromatic N) is 7. The highest BCUT2D eigenvalue weighted by Crippen LogP contribution is 2.34. The molecular weight excluding hydrogens is 587 g/mol. The fraction of sp³-hybridized carbons (Fsp3) is 0.194. The SMILES string of the molecule is C[C@@H]1CCC[C@H](n2cnc(-c3cc(Cl)ccc3-n3cc(Cl)nn3)cc2=O)c2ccnc(c2)-c2ccc(C#N)cc2NC1=O. The fourth-order valence-corrected chi connectivity index (χ4v) is 5.58. The lowest BCUT2D eigenvalue weighted by Crippen LogP contribution is -2.26. The molecular formula is C31H24Cl2N8O2. The number of anilines is 1. The molecule has 2 atom stereocenters. The van der Waals surface area contributed by atoms with Gasteiger partial charge in [-0.15, -0.1) is 5.10 Å². The minimum absolute atomic E-state index is 0.140. The number of carbonyl (C=O) groups is 1. The summed E-state index contributed by atoms with van der Waals surface area (Å²) in [6, 6.07) is 17.3. The van der Waals surface area contributed by atoms with Gasteiger partial charge < -0.3 is 5.32 Å². The van der Waals surface area contributed by atoms with Crippen LogP contribution in [0.5, 0.6) is 0 Å². The molecule has 0 spiro atoms. The van der Waals surface area contributed by atoms with Crippen LogP contribution in [-0.2, 0) is 4.79 Å². The highest BCUT2D eigenvalue weighted by Gasteiger charge is 2.23. The molecule has 214 valence electrons. The number of halogens is 2. The zero-order valence-corrected chi connectivity index (χ0v) is 24.4. The van der Waals surface area contributed by atoms with E-state index in [0.29, 0.717) is 63.7 Å². The topological polar surface area (TPSA) is 131 Å². The highest BCUT2D eigenvalue weighted by atomic mass is 35.5. The van der Waals surface area contributed by atoms with Gasteiger partial charge in [-0.1, -0.05) is 41.8 Å². The van der Waals surface area contributed by atoms with Crippen LogP contribution in [0.4, 0.5) is 5.69 Å². The van der Waals surface area contributed by atoms with E-state index in [0.717, 1.165) is 5.56 Å². The number of rotatable bonds is 3. The molecule has 0 saturated heterocycles. The molecule has 3 aromatic heterocycles. The number of nitrogens with one attached hydrogen (secondary N) is 1. The summed E-state index contributed by atoms with van der Waals surface area (Å²) in [6.45, 7) is 1.87. The van der Waals surface area contributed by atoms with Crippen molar-refractivity contribution >= 4 is 34.8 Å². The monoisotopic (exact) mass is 610 g/mol. The molecule has 0 saturated carbocycles. The van der Waals surface area contributed by atoms with Crippen LogP contribution in [0.15, 0.2) is 78.1 Å². The summed E-state index contributed by atoms with van der Waals surface area (Å²) >= 11 is 12.3. The predicted molar refractivity (Wildman–Crippen MR) is 163 cm³/mol. The Bertz CT molecular complexity index is 1960. The number of hydrogen-bond acceptors (Lipinski definition) is 7. The maximum absolute atomic E-state index is 13.7. The lowest BCUT2D eigenvalue weighted by Gasteiger charge is -2.23. The summed E-state index contributed by atoms with van der Waals surface area (Å²) in [5.41, 5.74) is 4.49. The summed E-state index contributed by atoms with van der Waals surface area (Å²) in [5, 5.41) is 21.0. The van der Waals surface area contributed by atoms with Crippen molar-refractivity contribution in [3.63, 3.8) is 0 Å². The number of carbonyl (C=O) groups excluding carboxylic acids is 1. The third-order valence-electron chi connectivity index (χ3n) is 7.53. The van der Waals surface area contributed by atoms with Crippen molar-refractivity contribution in [3.05, 3.63) is 105 Å². The van der Waals surface area contributed by atoms with E-state index in [1.807, 2.05) is 19.1 Å². The maximum Gasteiger partial charge on any atom is 0.254 e. The first-order valence-corrected chi connectivity index (χ1v) is 14.3. The summed E-state index contributed by atoms with van der Waals surface area (Å²) in [4.78, 5) is 36.0. The first-order chi connectivity index (χ1) is 20.8. The van der Waals surface area contributed by atoms with E-state index in [9.17, 15) is 14.9 Å². The summed E-state index contributed by atoms with van der Waals surface area (Å²) in [6.07, 6.45) is 6.67. The molecule has 1 amide bonds. The van der Waals surface area contributed by atoms with Gasteiger partial charge in [0.2, 0.25) is 5.91 Å². The Morgan fingerprint density at radius 3 is 2.58 bits per heavy atom. The third-order valence-corrected chi connectivity index (χ3v) is 7.94. The Kier molecular flexibility index (Phi) is 7.76. The quantitative estimate of drug-likeness (QED) is 0.262. The van der Waals surface area contributed by atoms with Crippen LogP contribution in [0.25, 0.3) is 28.2 Å². The molecule has 2 bridgehead atoms. The van der Waals surface area contributed by atoms with Gasteiger partial charge in [-0.25, -0.2) is 9.67 Å². The first-order valence-electron chi connectivity index (χ1n) is 13.6. The average Bonchev–Trinajstić information content (AvgIpc) is 3.44. The highest BCUT2D eigenvalue weighted by molar-refractivity contribution is 6.31. The van der Waals surface area contributed by atoms with Gasteiger partial charge in [0.05, 0.1) is 53.0 Å². The number of nitriles is 1. The van der Waals surface area contributed by atoms with Gasteiger partial charge in [-0.2, -0.15) is 5.26 Å². The van der Waals surface area contributed by atoms with E-state index < -0.39 is 0 Å². The van der Waals surface area contributed by atoms with Crippen LogP contribution >= 0.6 is 23.2 Å².